The fourth-order valence-corrected chi connectivity index (χ4v) is 4.43. The number of benzene rings is 2. The molecule has 2 aromatic carbocycles. The molecule has 0 heterocycles. The van der Waals surface area contributed by atoms with Crippen LogP contribution in [0.5, 0.6) is 0 Å². The molecule has 0 radical (unpaired) electrons. The smallest absolute Gasteiger partial charge is 0.325 e. The minimum Gasteiger partial charge on any atom is -0.480 e. The third kappa shape index (κ3) is 2.90. The van der Waals surface area contributed by atoms with Crippen molar-refractivity contribution in [2.24, 2.45) is 0 Å². The highest BCUT2D eigenvalue weighted by Crippen LogP contribution is 2.36. The molecule has 1 saturated carbocycles. The van der Waals surface area contributed by atoms with Crippen LogP contribution in [0.25, 0.3) is 10.8 Å². The van der Waals surface area contributed by atoms with Crippen molar-refractivity contribution < 1.29 is 23.1 Å². The van der Waals surface area contributed by atoms with Crippen LogP contribution >= 0.6 is 0 Å². The quantitative estimate of drug-likeness (QED) is 0.862. The van der Waals surface area contributed by atoms with Crippen LogP contribution in [-0.2, 0) is 19.6 Å². The number of carbonyl (C=O) groups is 1. The third-order valence-electron chi connectivity index (χ3n) is 4.50. The van der Waals surface area contributed by atoms with Gasteiger partial charge in [-0.1, -0.05) is 29.8 Å². The maximum absolute atomic E-state index is 12.6. The van der Waals surface area contributed by atoms with E-state index in [2.05, 4.69) is 4.72 Å². The van der Waals surface area contributed by atoms with E-state index in [-0.39, 0.29) is 23.8 Å². The van der Waals surface area contributed by atoms with Crippen molar-refractivity contribution in [2.75, 3.05) is 7.11 Å². The summed E-state index contributed by atoms with van der Waals surface area (Å²) in [6.07, 6.45) is -0.0150. The van der Waals surface area contributed by atoms with Crippen LogP contribution in [-0.4, -0.2) is 38.2 Å². The number of fused-ring (bicyclic) bond motifs is 1. The number of methoxy groups -OCH3 is 1. The fourth-order valence-electron chi connectivity index (χ4n) is 3.01. The van der Waals surface area contributed by atoms with Gasteiger partial charge in [-0.3, -0.25) is 4.79 Å². The zero-order valence-electron chi connectivity index (χ0n) is 13.4. The first-order valence-corrected chi connectivity index (χ1v) is 9.05. The Labute approximate surface area is 140 Å². The summed E-state index contributed by atoms with van der Waals surface area (Å²) in [5, 5.41) is 11.2. The normalized spacial score (nSPS) is 23.8. The largest absolute Gasteiger partial charge is 0.480 e. The molecule has 128 valence electrons. The zero-order valence-corrected chi connectivity index (χ0v) is 14.3. The third-order valence-corrected chi connectivity index (χ3v) is 6.04. The molecule has 0 aromatic heterocycles. The van der Waals surface area contributed by atoms with Gasteiger partial charge in [0.25, 0.3) is 0 Å². The van der Waals surface area contributed by atoms with Crippen LogP contribution in [0.2, 0.25) is 0 Å². The van der Waals surface area contributed by atoms with Gasteiger partial charge in [0.2, 0.25) is 10.0 Å². The molecule has 0 spiro atoms. The van der Waals surface area contributed by atoms with Gasteiger partial charge in [0.1, 0.15) is 5.54 Å². The highest BCUT2D eigenvalue weighted by molar-refractivity contribution is 7.89. The van der Waals surface area contributed by atoms with E-state index in [1.54, 1.807) is 12.1 Å². The van der Waals surface area contributed by atoms with Crippen molar-refractivity contribution in [3.8, 4) is 0 Å². The van der Waals surface area contributed by atoms with Crippen molar-refractivity contribution in [1.29, 1.82) is 0 Å². The predicted molar refractivity (Wildman–Crippen MR) is 89.4 cm³/mol. The van der Waals surface area contributed by atoms with Gasteiger partial charge in [-0.2, -0.15) is 4.72 Å². The van der Waals surface area contributed by atoms with Crippen LogP contribution in [0.4, 0.5) is 0 Å². The Bertz CT molecular complexity index is 900. The Balaban J connectivity index is 1.93. The summed E-state index contributed by atoms with van der Waals surface area (Å²) in [6, 6.07) is 10.5. The van der Waals surface area contributed by atoms with Crippen molar-refractivity contribution in [1.82, 2.24) is 4.72 Å². The molecule has 3 rings (SSSR count). The van der Waals surface area contributed by atoms with E-state index in [0.29, 0.717) is 0 Å². The number of rotatable bonds is 5. The molecule has 1 fully saturated rings. The predicted octanol–water partition coefficient (Wildman–Crippen LogP) is 2.06. The molecule has 0 unspecified atom stereocenters. The number of carboxylic acid groups (broad SMARTS) is 1. The summed E-state index contributed by atoms with van der Waals surface area (Å²) in [5.41, 5.74) is -0.414. The van der Waals surface area contributed by atoms with Crippen LogP contribution < -0.4 is 4.72 Å². The lowest BCUT2D eigenvalue weighted by Gasteiger charge is -2.43. The molecule has 24 heavy (non-hydrogen) atoms. The van der Waals surface area contributed by atoms with E-state index in [9.17, 15) is 18.3 Å². The number of aryl methyl sites for hydroxylation is 1. The summed E-state index contributed by atoms with van der Waals surface area (Å²) in [7, 11) is -2.46. The standard InChI is InChI=1S/C17H19NO5S/c1-11-3-4-13-8-15(6-5-12(13)7-11)24(21,22)18-17(16(19)20)9-14(10-17)23-2/h3-8,14,18H,9-10H2,1-2H3,(H,19,20). The van der Waals surface area contributed by atoms with Gasteiger partial charge in [-0.15, -0.1) is 0 Å². The molecule has 0 amide bonds. The number of hydrogen-bond acceptors (Lipinski definition) is 4. The van der Waals surface area contributed by atoms with E-state index >= 15 is 0 Å². The summed E-state index contributed by atoms with van der Waals surface area (Å²) >= 11 is 0. The van der Waals surface area contributed by atoms with E-state index < -0.39 is 21.5 Å². The molecule has 2 aromatic rings. The molecule has 1 aliphatic rings. The molecule has 1 aliphatic carbocycles. The summed E-state index contributed by atoms with van der Waals surface area (Å²) in [4.78, 5) is 11.6. The minimum absolute atomic E-state index is 0.0559. The van der Waals surface area contributed by atoms with E-state index in [0.717, 1.165) is 16.3 Å². The van der Waals surface area contributed by atoms with Crippen molar-refractivity contribution in [3.05, 3.63) is 42.0 Å². The second-order valence-electron chi connectivity index (χ2n) is 6.27. The lowest BCUT2D eigenvalue weighted by Crippen LogP contribution is -2.64. The molecule has 2 N–H and O–H groups in total. The molecule has 0 saturated heterocycles. The first-order chi connectivity index (χ1) is 11.3. The van der Waals surface area contributed by atoms with Crippen LogP contribution in [0.3, 0.4) is 0 Å². The van der Waals surface area contributed by atoms with Gasteiger partial charge in [-0.25, -0.2) is 8.42 Å². The number of ether oxygens (including phenoxy) is 1. The van der Waals surface area contributed by atoms with Crippen molar-refractivity contribution in [3.63, 3.8) is 0 Å². The van der Waals surface area contributed by atoms with Gasteiger partial charge in [0.05, 0.1) is 11.0 Å². The average Bonchev–Trinajstić information content (AvgIpc) is 2.49. The second kappa shape index (κ2) is 5.84. The van der Waals surface area contributed by atoms with E-state index in [1.807, 2.05) is 25.1 Å². The number of carboxylic acids is 1. The topological polar surface area (TPSA) is 92.7 Å². The van der Waals surface area contributed by atoms with Gasteiger partial charge >= 0.3 is 5.97 Å². The number of aliphatic carboxylic acids is 1. The minimum atomic E-state index is -3.94. The van der Waals surface area contributed by atoms with Crippen LogP contribution in [0.15, 0.2) is 41.3 Å². The molecule has 0 aliphatic heterocycles. The SMILES string of the molecule is COC1CC(NS(=O)(=O)c2ccc3cc(C)ccc3c2)(C(=O)O)C1. The first-order valence-electron chi connectivity index (χ1n) is 7.56. The van der Waals surface area contributed by atoms with Gasteiger partial charge < -0.3 is 9.84 Å². The summed E-state index contributed by atoms with van der Waals surface area (Å²) in [6.45, 7) is 1.96. The Morgan fingerprint density at radius 3 is 2.46 bits per heavy atom. The van der Waals surface area contributed by atoms with Crippen LogP contribution in [0, 0.1) is 6.92 Å². The van der Waals surface area contributed by atoms with E-state index in [1.165, 1.54) is 13.2 Å². The molecule has 0 bridgehead atoms. The fraction of sp³-hybridized carbons (Fsp3) is 0.353. The number of sulfonamides is 1. The lowest BCUT2D eigenvalue weighted by molar-refractivity contribution is -0.154. The molecule has 7 heteroatoms. The molecular formula is C17H19NO5S. The van der Waals surface area contributed by atoms with Gasteiger partial charge in [0.15, 0.2) is 0 Å². The maximum atomic E-state index is 12.6. The average molecular weight is 349 g/mol. The Morgan fingerprint density at radius 1 is 1.21 bits per heavy atom. The van der Waals surface area contributed by atoms with E-state index in [4.69, 9.17) is 4.74 Å². The zero-order chi connectivity index (χ0) is 17.5. The molecule has 0 atom stereocenters. The maximum Gasteiger partial charge on any atom is 0.325 e. The number of nitrogens with one attached hydrogen (secondary N) is 1. The Morgan fingerprint density at radius 2 is 1.83 bits per heavy atom. The van der Waals surface area contributed by atoms with Crippen LogP contribution in [0.1, 0.15) is 18.4 Å². The Kier molecular flexibility index (Phi) is 4.11. The summed E-state index contributed by atoms with van der Waals surface area (Å²) < 4.78 is 32.7. The number of hydrogen-bond donors (Lipinski definition) is 2. The monoisotopic (exact) mass is 349 g/mol. The lowest BCUT2D eigenvalue weighted by atomic mass is 9.75. The Hall–Kier alpha value is -1.96. The molecular weight excluding hydrogens is 330 g/mol. The summed E-state index contributed by atoms with van der Waals surface area (Å²) in [5.74, 6) is -1.18. The van der Waals surface area contributed by atoms with Crippen molar-refractivity contribution >= 4 is 26.8 Å². The second-order valence-corrected chi connectivity index (χ2v) is 7.95. The molecule has 6 nitrogen and oxygen atoms in total. The van der Waals surface area contributed by atoms with Gasteiger partial charge in [0, 0.05) is 20.0 Å². The first kappa shape index (κ1) is 16.9. The highest BCUT2D eigenvalue weighted by Gasteiger charge is 2.53. The van der Waals surface area contributed by atoms with Crippen molar-refractivity contribution in [2.45, 2.75) is 36.3 Å². The van der Waals surface area contributed by atoms with Gasteiger partial charge in [-0.05, 0) is 29.8 Å². The highest BCUT2D eigenvalue weighted by atomic mass is 32.2.